The van der Waals surface area contributed by atoms with Gasteiger partial charge in [-0.1, -0.05) is 174 Å². The van der Waals surface area contributed by atoms with E-state index in [4.69, 9.17) is 19.4 Å². The molecule has 71 heavy (non-hydrogen) atoms. The van der Waals surface area contributed by atoms with Crippen LogP contribution in [0.2, 0.25) is 0 Å². The maximum atomic E-state index is 7.00. The Kier molecular flexibility index (Phi) is 15.6. The third kappa shape index (κ3) is 10.4. The van der Waals surface area contributed by atoms with Crippen molar-refractivity contribution < 1.29 is 51.6 Å². The molecule has 4 aromatic heterocycles. The van der Waals surface area contributed by atoms with E-state index in [1.165, 1.54) is 23.8 Å². The number of nitrogens with zero attached hydrogens (tertiary/aromatic N) is 6. The third-order valence-electron chi connectivity index (χ3n) is 12.6. The first kappa shape index (κ1) is 50.8. The second-order valence-electron chi connectivity index (χ2n) is 18.6. The molecule has 0 fully saturated rings. The van der Waals surface area contributed by atoms with Crippen LogP contribution in [-0.4, -0.2) is 29.5 Å². The molecule has 6 aromatic carbocycles. The summed E-state index contributed by atoms with van der Waals surface area (Å²) in [5.74, 6) is 3.70. The number of benzene rings is 6. The molecule has 0 spiro atoms. The zero-order chi connectivity index (χ0) is 47.8. The summed E-state index contributed by atoms with van der Waals surface area (Å²) in [5.41, 5.74) is 13.5. The van der Waals surface area contributed by atoms with Gasteiger partial charge in [0, 0.05) is 35.4 Å². The second-order valence-corrected chi connectivity index (χ2v) is 18.6. The molecule has 0 aliphatic heterocycles. The van der Waals surface area contributed by atoms with Gasteiger partial charge in [0.15, 0.2) is 0 Å². The molecule has 4 heterocycles. The molecular weight excluding hydrogens is 1240 g/mol. The Morgan fingerprint density at radius 1 is 0.451 bits per heavy atom. The fourth-order valence-electron chi connectivity index (χ4n) is 8.92. The molecular formula is C61H52N6O2Pt2. The van der Waals surface area contributed by atoms with Gasteiger partial charge in [-0.05, 0) is 58.3 Å². The van der Waals surface area contributed by atoms with Crippen LogP contribution in [0.5, 0.6) is 23.0 Å². The summed E-state index contributed by atoms with van der Waals surface area (Å²) in [6.07, 6.45) is 6.59. The molecule has 0 aliphatic carbocycles. The van der Waals surface area contributed by atoms with Crippen molar-refractivity contribution in [2.75, 3.05) is 0 Å². The van der Waals surface area contributed by atoms with E-state index in [0.717, 1.165) is 66.7 Å². The smallest absolute Gasteiger partial charge is 0.502 e. The van der Waals surface area contributed by atoms with Crippen LogP contribution in [0.1, 0.15) is 101 Å². The van der Waals surface area contributed by atoms with Gasteiger partial charge in [-0.15, -0.1) is 58.7 Å². The summed E-state index contributed by atoms with van der Waals surface area (Å²) in [7, 11) is 0. The number of ether oxygens (including phenoxy) is 2. The van der Waals surface area contributed by atoms with Crippen molar-refractivity contribution >= 4 is 21.8 Å². The number of hydrogen-bond donors (Lipinski definition) is 0. The second kappa shape index (κ2) is 21.8. The van der Waals surface area contributed by atoms with Gasteiger partial charge in [0.2, 0.25) is 5.95 Å². The van der Waals surface area contributed by atoms with Crippen LogP contribution < -0.4 is 9.47 Å². The summed E-state index contributed by atoms with van der Waals surface area (Å²) in [6, 6.07) is 56.3. The van der Waals surface area contributed by atoms with E-state index >= 15 is 0 Å². The molecule has 10 aromatic rings. The zero-order valence-corrected chi connectivity index (χ0v) is 45.3. The largest absolute Gasteiger partial charge is 2.00 e. The zero-order valence-electron chi connectivity index (χ0n) is 40.8. The summed E-state index contributed by atoms with van der Waals surface area (Å²) < 4.78 is 15.9. The Hall–Kier alpha value is -6.59. The van der Waals surface area contributed by atoms with E-state index in [0.29, 0.717) is 51.8 Å². The normalized spacial score (nSPS) is 11.4. The molecule has 0 saturated heterocycles. The average Bonchev–Trinajstić information content (AvgIpc) is 3.69. The van der Waals surface area contributed by atoms with Gasteiger partial charge in [0.05, 0.1) is 0 Å². The van der Waals surface area contributed by atoms with Crippen molar-refractivity contribution in [3.05, 3.63) is 193 Å². The monoisotopic (exact) mass is 1290 g/mol. The number of pyridine rings is 2. The van der Waals surface area contributed by atoms with E-state index < -0.39 is 0 Å². The van der Waals surface area contributed by atoms with Crippen molar-refractivity contribution in [3.8, 4) is 73.7 Å². The Morgan fingerprint density at radius 2 is 0.873 bits per heavy atom. The third-order valence-corrected chi connectivity index (χ3v) is 12.6. The quantitative estimate of drug-likeness (QED) is 0.106. The van der Waals surface area contributed by atoms with Crippen LogP contribution in [0.25, 0.3) is 72.5 Å². The topological polar surface area (TPSA) is 87.8 Å². The molecule has 10 heteroatoms. The van der Waals surface area contributed by atoms with Crippen LogP contribution in [0, 0.1) is 24.3 Å². The molecule has 0 aliphatic rings. The molecule has 358 valence electrons. The van der Waals surface area contributed by atoms with E-state index in [1.54, 1.807) is 12.4 Å². The van der Waals surface area contributed by atoms with Crippen molar-refractivity contribution in [1.82, 2.24) is 29.5 Å². The minimum absolute atomic E-state index is 0. The molecule has 0 N–H and O–H groups in total. The van der Waals surface area contributed by atoms with Crippen LogP contribution in [0.3, 0.4) is 0 Å². The van der Waals surface area contributed by atoms with Crippen molar-refractivity contribution in [2.24, 2.45) is 0 Å². The van der Waals surface area contributed by atoms with Crippen LogP contribution in [-0.2, 0) is 42.1 Å². The van der Waals surface area contributed by atoms with Gasteiger partial charge in [-0.2, -0.15) is 22.9 Å². The number of rotatable bonds is 13. The van der Waals surface area contributed by atoms with Gasteiger partial charge in [-0.25, -0.2) is 15.0 Å². The van der Waals surface area contributed by atoms with Crippen molar-refractivity contribution in [2.45, 2.75) is 79.1 Å². The standard InChI is InChI=1S/C61H52N6O2.2Pt/c1-37(2)41-15-19-43(20-16-41)59-51(39(5)6)29-45(53-13-9-11-27-63-53)31-57(59)68-47-23-25-49-50-26-24-48(34-56(50)67(55(49)33-47)61-65-35-62-36-66-61)69-58-32-46(54-14-10-12-28-64-54)30-52(40(7)8)60(58)44-21-17-42(18-22-44)38(3)4;;/h9-30,35-40H,1-8H3;;/q-4;2*+2. The van der Waals surface area contributed by atoms with Crippen LogP contribution >= 0.6 is 0 Å². The maximum absolute atomic E-state index is 7.00. The van der Waals surface area contributed by atoms with Gasteiger partial charge in [0.1, 0.15) is 12.7 Å². The Balaban J connectivity index is 0.00000338. The Morgan fingerprint density at radius 3 is 1.24 bits per heavy atom. The minimum atomic E-state index is 0. The first-order valence-corrected chi connectivity index (χ1v) is 23.7. The van der Waals surface area contributed by atoms with Crippen molar-refractivity contribution in [3.63, 3.8) is 0 Å². The van der Waals surface area contributed by atoms with E-state index in [-0.39, 0.29) is 54.0 Å². The minimum Gasteiger partial charge on any atom is -0.502 e. The van der Waals surface area contributed by atoms with Crippen LogP contribution in [0.15, 0.2) is 146 Å². The summed E-state index contributed by atoms with van der Waals surface area (Å²) in [5, 5.41) is 1.83. The van der Waals surface area contributed by atoms with Gasteiger partial charge < -0.3 is 24.0 Å². The van der Waals surface area contributed by atoms with Gasteiger partial charge in [-0.3, -0.25) is 0 Å². The fourth-order valence-corrected chi connectivity index (χ4v) is 8.92. The Labute approximate surface area is 445 Å². The van der Waals surface area contributed by atoms with Crippen molar-refractivity contribution in [1.29, 1.82) is 0 Å². The first-order chi connectivity index (χ1) is 33.5. The van der Waals surface area contributed by atoms with E-state index in [9.17, 15) is 0 Å². The predicted octanol–water partition coefficient (Wildman–Crippen LogP) is 15.7. The fraction of sp³-hybridized carbons (Fsp3) is 0.197. The van der Waals surface area contributed by atoms with E-state index in [1.807, 2.05) is 53.1 Å². The van der Waals surface area contributed by atoms with Gasteiger partial charge >= 0.3 is 42.1 Å². The summed E-state index contributed by atoms with van der Waals surface area (Å²) >= 11 is 0. The molecule has 0 unspecified atom stereocenters. The molecule has 0 radical (unpaired) electrons. The molecule has 0 bridgehead atoms. The first-order valence-electron chi connectivity index (χ1n) is 23.7. The number of fused-ring (bicyclic) bond motifs is 3. The maximum Gasteiger partial charge on any atom is 2.00 e. The van der Waals surface area contributed by atoms with Crippen LogP contribution in [0.4, 0.5) is 0 Å². The molecule has 10 rings (SSSR count). The van der Waals surface area contributed by atoms with E-state index in [2.05, 4.69) is 167 Å². The average molecular weight is 1290 g/mol. The summed E-state index contributed by atoms with van der Waals surface area (Å²) in [4.78, 5) is 22.8. The number of aromatic nitrogens is 6. The molecule has 0 saturated carbocycles. The summed E-state index contributed by atoms with van der Waals surface area (Å²) in [6.45, 7) is 17.7. The van der Waals surface area contributed by atoms with Gasteiger partial charge in [0.25, 0.3) is 0 Å². The molecule has 8 nitrogen and oxygen atoms in total. The SMILES string of the molecule is CC(C)c1ccc(-c2c(Oc3[c-]c4c(cc3)c3ccc(Oc5[c-]c(-c6ccccn6)cc(C(C)C)c5-c5ccc(C(C)C)cc5)[c-]c3n4-c3ncncn3)[c-]c(-c3ccccn3)cc2C(C)C)cc1.[Pt+2].[Pt+2]. The molecule has 0 amide bonds. The number of hydrogen-bond acceptors (Lipinski definition) is 7. The Bertz CT molecular complexity index is 3220. The predicted molar refractivity (Wildman–Crippen MR) is 276 cm³/mol. The molecule has 0 atom stereocenters.